The van der Waals surface area contributed by atoms with Crippen LogP contribution in [0.1, 0.15) is 12.0 Å². The van der Waals surface area contributed by atoms with Gasteiger partial charge in [-0.25, -0.2) is 8.78 Å². The van der Waals surface area contributed by atoms with Crippen molar-refractivity contribution in [3.05, 3.63) is 35.4 Å². The quantitative estimate of drug-likeness (QED) is 0.807. The fraction of sp³-hybridized carbons (Fsp3) is 0.500. The average Bonchev–Trinajstić information content (AvgIpc) is 2.22. The summed E-state index contributed by atoms with van der Waals surface area (Å²) in [6.07, 6.45) is 1.40. The number of hydrogen-bond acceptors (Lipinski definition) is 2. The summed E-state index contributed by atoms with van der Waals surface area (Å²) in [6, 6.07) is 3.77. The molecule has 1 aromatic rings. The number of rotatable bonds is 6. The molecule has 0 saturated heterocycles. The molecule has 0 aliphatic carbocycles. The van der Waals surface area contributed by atoms with Crippen LogP contribution in [0.4, 0.5) is 8.78 Å². The van der Waals surface area contributed by atoms with Gasteiger partial charge < -0.3 is 10.1 Å². The van der Waals surface area contributed by atoms with Gasteiger partial charge in [0.05, 0.1) is 0 Å². The number of methoxy groups -OCH3 is 1. The number of nitrogens with one attached hydrogen (secondary N) is 1. The number of ether oxygens (including phenoxy) is 1. The van der Waals surface area contributed by atoms with Crippen molar-refractivity contribution in [3.63, 3.8) is 0 Å². The molecule has 90 valence electrons. The first-order chi connectivity index (χ1) is 7.65. The van der Waals surface area contributed by atoms with Crippen LogP contribution in [-0.2, 0) is 11.2 Å². The molecule has 0 aliphatic heterocycles. The van der Waals surface area contributed by atoms with Gasteiger partial charge in [-0.2, -0.15) is 0 Å². The van der Waals surface area contributed by atoms with E-state index in [2.05, 4.69) is 5.32 Å². The van der Waals surface area contributed by atoms with Crippen LogP contribution in [0.15, 0.2) is 18.2 Å². The minimum atomic E-state index is -0.531. The summed E-state index contributed by atoms with van der Waals surface area (Å²) in [5, 5.41) is 3.10. The summed E-state index contributed by atoms with van der Waals surface area (Å²) in [4.78, 5) is 0. The smallest absolute Gasteiger partial charge is 0.126 e. The van der Waals surface area contributed by atoms with Crippen molar-refractivity contribution in [3.8, 4) is 0 Å². The zero-order valence-corrected chi connectivity index (χ0v) is 9.59. The minimum absolute atomic E-state index is 0.168. The monoisotopic (exact) mass is 229 g/mol. The van der Waals surface area contributed by atoms with Crippen molar-refractivity contribution >= 4 is 0 Å². The molecule has 0 saturated carbocycles. The van der Waals surface area contributed by atoms with Crippen molar-refractivity contribution < 1.29 is 13.5 Å². The van der Waals surface area contributed by atoms with E-state index in [-0.39, 0.29) is 6.04 Å². The maximum Gasteiger partial charge on any atom is 0.126 e. The second kappa shape index (κ2) is 6.55. The molecule has 4 heteroatoms. The predicted molar refractivity (Wildman–Crippen MR) is 59.4 cm³/mol. The molecule has 0 bridgehead atoms. The second-order valence-corrected chi connectivity index (χ2v) is 3.75. The molecule has 1 unspecified atom stereocenters. The van der Waals surface area contributed by atoms with E-state index in [1.54, 1.807) is 7.11 Å². The molecule has 0 spiro atoms. The van der Waals surface area contributed by atoms with E-state index in [0.717, 1.165) is 12.5 Å². The van der Waals surface area contributed by atoms with E-state index in [1.807, 2.05) is 7.05 Å². The molecule has 0 radical (unpaired) electrons. The van der Waals surface area contributed by atoms with Gasteiger partial charge in [-0.15, -0.1) is 0 Å². The Bertz CT molecular complexity index is 311. The van der Waals surface area contributed by atoms with Crippen LogP contribution in [0.2, 0.25) is 0 Å². The number of likely N-dealkylation sites (N-methyl/N-ethyl adjacent to an activating group) is 1. The second-order valence-electron chi connectivity index (χ2n) is 3.75. The highest BCUT2D eigenvalue weighted by Crippen LogP contribution is 2.11. The average molecular weight is 229 g/mol. The van der Waals surface area contributed by atoms with E-state index in [0.29, 0.717) is 18.6 Å². The maximum atomic E-state index is 12.9. The van der Waals surface area contributed by atoms with E-state index < -0.39 is 11.6 Å². The summed E-state index contributed by atoms with van der Waals surface area (Å²) < 4.78 is 30.9. The zero-order valence-electron chi connectivity index (χ0n) is 9.59. The van der Waals surface area contributed by atoms with Gasteiger partial charge in [0.1, 0.15) is 11.6 Å². The molecule has 1 N–H and O–H groups in total. The Labute approximate surface area is 94.6 Å². The lowest BCUT2D eigenvalue weighted by atomic mass is 10.0. The van der Waals surface area contributed by atoms with Crippen LogP contribution in [-0.4, -0.2) is 26.8 Å². The molecule has 1 atom stereocenters. The van der Waals surface area contributed by atoms with Crippen LogP contribution < -0.4 is 5.32 Å². The zero-order chi connectivity index (χ0) is 12.0. The Morgan fingerprint density at radius 2 is 1.88 bits per heavy atom. The molecule has 0 heterocycles. The topological polar surface area (TPSA) is 21.3 Å². The fourth-order valence-electron chi connectivity index (χ4n) is 1.62. The summed E-state index contributed by atoms with van der Waals surface area (Å²) in [5.41, 5.74) is 0.660. The van der Waals surface area contributed by atoms with Gasteiger partial charge in [0.25, 0.3) is 0 Å². The predicted octanol–water partition coefficient (Wildman–Crippen LogP) is 2.13. The highest BCUT2D eigenvalue weighted by Gasteiger charge is 2.08. The van der Waals surface area contributed by atoms with Gasteiger partial charge in [0, 0.05) is 25.8 Å². The van der Waals surface area contributed by atoms with E-state index >= 15 is 0 Å². The molecular weight excluding hydrogens is 212 g/mol. The van der Waals surface area contributed by atoms with Crippen LogP contribution in [0.3, 0.4) is 0 Å². The van der Waals surface area contributed by atoms with Gasteiger partial charge in [-0.1, -0.05) is 0 Å². The molecule has 0 fully saturated rings. The molecule has 1 aromatic carbocycles. The summed E-state index contributed by atoms with van der Waals surface area (Å²) in [5.74, 6) is -1.06. The van der Waals surface area contributed by atoms with Gasteiger partial charge in [-0.05, 0) is 37.6 Å². The van der Waals surface area contributed by atoms with Gasteiger partial charge in [0.15, 0.2) is 0 Å². The van der Waals surface area contributed by atoms with Crippen molar-refractivity contribution in [1.29, 1.82) is 0 Å². The normalized spacial score (nSPS) is 12.8. The lowest BCUT2D eigenvalue weighted by molar-refractivity contribution is 0.184. The Hall–Kier alpha value is -1.00. The van der Waals surface area contributed by atoms with Crippen molar-refractivity contribution in [2.75, 3.05) is 20.8 Å². The first kappa shape index (κ1) is 13.1. The molecule has 0 amide bonds. The lowest BCUT2D eigenvalue weighted by Crippen LogP contribution is -2.28. The van der Waals surface area contributed by atoms with Crippen LogP contribution in [0.25, 0.3) is 0 Å². The molecule has 1 rings (SSSR count). The summed E-state index contributed by atoms with van der Waals surface area (Å²) >= 11 is 0. The van der Waals surface area contributed by atoms with Crippen molar-refractivity contribution in [2.45, 2.75) is 18.9 Å². The maximum absolute atomic E-state index is 12.9. The highest BCUT2D eigenvalue weighted by atomic mass is 19.1. The largest absolute Gasteiger partial charge is 0.385 e. The first-order valence-corrected chi connectivity index (χ1v) is 5.27. The van der Waals surface area contributed by atoms with Crippen molar-refractivity contribution in [1.82, 2.24) is 5.32 Å². The number of hydrogen-bond donors (Lipinski definition) is 1. The molecule has 0 aliphatic rings. The SMILES string of the molecule is CNC(CCOC)Cc1cc(F)cc(F)c1. The fourth-order valence-corrected chi connectivity index (χ4v) is 1.62. The third-order valence-electron chi connectivity index (χ3n) is 2.48. The Kier molecular flexibility index (Phi) is 5.35. The van der Waals surface area contributed by atoms with E-state index in [1.165, 1.54) is 12.1 Å². The molecule has 16 heavy (non-hydrogen) atoms. The van der Waals surface area contributed by atoms with E-state index in [9.17, 15) is 8.78 Å². The third-order valence-corrected chi connectivity index (χ3v) is 2.48. The Balaban J connectivity index is 2.62. The van der Waals surface area contributed by atoms with Gasteiger partial charge in [0.2, 0.25) is 0 Å². The number of halogens is 2. The molecule has 0 aromatic heterocycles. The lowest BCUT2D eigenvalue weighted by Gasteiger charge is -2.15. The first-order valence-electron chi connectivity index (χ1n) is 5.27. The Morgan fingerprint density at radius 3 is 2.38 bits per heavy atom. The van der Waals surface area contributed by atoms with Crippen LogP contribution in [0.5, 0.6) is 0 Å². The summed E-state index contributed by atoms with van der Waals surface area (Å²) in [7, 11) is 3.46. The van der Waals surface area contributed by atoms with E-state index in [4.69, 9.17) is 4.74 Å². The minimum Gasteiger partial charge on any atom is -0.385 e. The summed E-state index contributed by atoms with van der Waals surface area (Å²) in [6.45, 7) is 0.628. The Morgan fingerprint density at radius 1 is 1.25 bits per heavy atom. The third kappa shape index (κ3) is 4.24. The molecule has 2 nitrogen and oxygen atoms in total. The van der Waals surface area contributed by atoms with Crippen LogP contribution in [0, 0.1) is 11.6 Å². The highest BCUT2D eigenvalue weighted by molar-refractivity contribution is 5.18. The van der Waals surface area contributed by atoms with Crippen molar-refractivity contribution in [2.24, 2.45) is 0 Å². The van der Waals surface area contributed by atoms with Gasteiger partial charge in [-0.3, -0.25) is 0 Å². The van der Waals surface area contributed by atoms with Gasteiger partial charge >= 0.3 is 0 Å². The standard InChI is InChI=1S/C12H17F2NO/c1-15-12(3-4-16-2)7-9-5-10(13)8-11(14)6-9/h5-6,8,12,15H,3-4,7H2,1-2H3. The van der Waals surface area contributed by atoms with Crippen LogP contribution >= 0.6 is 0 Å². The number of benzene rings is 1. The molecular formula is C12H17F2NO.